The van der Waals surface area contributed by atoms with Crippen LogP contribution in [0.15, 0.2) is 0 Å². The minimum absolute atomic E-state index is 0.224. The number of hydrogen-bond acceptors (Lipinski definition) is 0. The van der Waals surface area contributed by atoms with Crippen LogP contribution in [0.3, 0.4) is 0 Å². The van der Waals surface area contributed by atoms with Crippen LogP contribution in [0.4, 0.5) is 0 Å². The largest absolute Gasteiger partial charge is 0.143 e. The van der Waals surface area contributed by atoms with Gasteiger partial charge in [0.1, 0.15) is 0 Å². The van der Waals surface area contributed by atoms with Gasteiger partial charge in [-0.1, -0.05) is 41.5 Å². The van der Waals surface area contributed by atoms with Gasteiger partial charge in [0, 0.05) is 5.41 Å². The summed E-state index contributed by atoms with van der Waals surface area (Å²) in [6.07, 6.45) is 0. The van der Waals surface area contributed by atoms with Crippen molar-refractivity contribution in [3.8, 4) is 11.5 Å². The van der Waals surface area contributed by atoms with E-state index in [9.17, 15) is 0 Å². The van der Waals surface area contributed by atoms with Gasteiger partial charge >= 0.3 is 0 Å². The third-order valence-corrected chi connectivity index (χ3v) is 3.46. The molecule has 13 heavy (non-hydrogen) atoms. The molecule has 0 aromatic rings. The lowest BCUT2D eigenvalue weighted by Crippen LogP contribution is -2.37. The van der Waals surface area contributed by atoms with E-state index in [2.05, 4.69) is 53.0 Å². The van der Waals surface area contributed by atoms with Gasteiger partial charge in [-0.3, -0.25) is 0 Å². The van der Waals surface area contributed by atoms with Gasteiger partial charge in [-0.25, -0.2) is 0 Å². The average Bonchev–Trinajstić information content (AvgIpc) is 1.97. The van der Waals surface area contributed by atoms with Gasteiger partial charge in [-0.05, 0) is 17.8 Å². The minimum Gasteiger partial charge on any atom is -0.143 e. The van der Waals surface area contributed by atoms with Gasteiger partial charge in [-0.15, -0.1) is 11.5 Å². The molecule has 0 atom stereocenters. The van der Waals surface area contributed by atoms with E-state index in [1.807, 2.05) is 0 Å². The van der Waals surface area contributed by atoms with Gasteiger partial charge in [0.05, 0.1) is 10.2 Å². The summed E-state index contributed by atoms with van der Waals surface area (Å²) in [5.41, 5.74) is 3.47. The molecule has 0 aliphatic heterocycles. The molecule has 0 aliphatic carbocycles. The van der Waals surface area contributed by atoms with Crippen molar-refractivity contribution in [2.75, 3.05) is 0 Å². The lowest BCUT2D eigenvalue weighted by molar-refractivity contribution is 0.123. The molecule has 0 amide bonds. The monoisotopic (exact) mass is 196 g/mol. The van der Waals surface area contributed by atoms with Crippen LogP contribution in [0.1, 0.15) is 41.5 Å². The summed E-state index contributed by atoms with van der Waals surface area (Å²) in [5.74, 6) is 5.45. The van der Waals surface area contributed by atoms with Crippen LogP contribution in [-0.2, 0) is 0 Å². The van der Waals surface area contributed by atoms with E-state index in [1.54, 1.807) is 0 Å². The predicted octanol–water partition coefficient (Wildman–Crippen LogP) is 2.27. The second-order valence-corrected chi connectivity index (χ2v) is 5.27. The number of rotatable bonds is 3. The van der Waals surface area contributed by atoms with E-state index >= 15 is 0 Å². The second kappa shape index (κ2) is 4.86. The van der Waals surface area contributed by atoms with Crippen LogP contribution in [0.2, 0.25) is 0 Å². The topological polar surface area (TPSA) is 0 Å². The Morgan fingerprint density at radius 2 is 1.15 bits per heavy atom. The Morgan fingerprint density at radius 3 is 1.23 bits per heavy atom. The SMILES string of the molecule is CC(C)C(C#C[SiH3])(C(C)C)C(C)C. The Balaban J connectivity index is 5.14. The zero-order valence-electron chi connectivity index (χ0n) is 10.2. The summed E-state index contributed by atoms with van der Waals surface area (Å²) >= 11 is 0. The summed E-state index contributed by atoms with van der Waals surface area (Å²) in [6.45, 7) is 13.8. The highest BCUT2D eigenvalue weighted by molar-refractivity contribution is 6.22. The third kappa shape index (κ3) is 2.37. The Labute approximate surface area is 86.9 Å². The zero-order valence-corrected chi connectivity index (χ0v) is 12.2. The van der Waals surface area contributed by atoms with Gasteiger partial charge in [0.15, 0.2) is 0 Å². The summed E-state index contributed by atoms with van der Waals surface area (Å²) in [6, 6.07) is 0. The molecule has 0 bridgehead atoms. The smallest absolute Gasteiger partial charge is 0.0906 e. The third-order valence-electron chi connectivity index (χ3n) is 3.21. The molecule has 0 spiro atoms. The van der Waals surface area contributed by atoms with E-state index in [0.29, 0.717) is 17.8 Å². The van der Waals surface area contributed by atoms with Gasteiger partial charge in [-0.2, -0.15) is 0 Å². The van der Waals surface area contributed by atoms with Crippen molar-refractivity contribution in [2.45, 2.75) is 41.5 Å². The Kier molecular flexibility index (Phi) is 4.78. The standard InChI is InChI=1S/C12H24Si/c1-9(2)12(7-8-13,10(3)4)11(5)6/h9-11H,1-6,13H3. The Morgan fingerprint density at radius 1 is 0.846 bits per heavy atom. The van der Waals surface area contributed by atoms with E-state index in [1.165, 1.54) is 0 Å². The van der Waals surface area contributed by atoms with Crippen molar-refractivity contribution < 1.29 is 0 Å². The molecule has 0 saturated heterocycles. The Hall–Kier alpha value is -0.223. The van der Waals surface area contributed by atoms with Crippen LogP contribution >= 0.6 is 0 Å². The molecule has 0 unspecified atom stereocenters. The second-order valence-electron chi connectivity index (χ2n) is 4.77. The molecular weight excluding hydrogens is 172 g/mol. The Bertz CT molecular complexity index is 181. The molecule has 0 aliphatic rings. The van der Waals surface area contributed by atoms with Crippen LogP contribution in [-0.4, -0.2) is 10.2 Å². The van der Waals surface area contributed by atoms with Crippen LogP contribution in [0.25, 0.3) is 0 Å². The highest BCUT2D eigenvalue weighted by Crippen LogP contribution is 2.42. The van der Waals surface area contributed by atoms with Gasteiger partial charge in [0.2, 0.25) is 0 Å². The molecule has 0 radical (unpaired) electrons. The molecule has 0 fully saturated rings. The average molecular weight is 196 g/mol. The molecule has 0 rings (SSSR count). The predicted molar refractivity (Wildman–Crippen MR) is 64.7 cm³/mol. The fourth-order valence-electron chi connectivity index (χ4n) is 2.65. The van der Waals surface area contributed by atoms with E-state index < -0.39 is 0 Å². The van der Waals surface area contributed by atoms with Gasteiger partial charge in [0.25, 0.3) is 0 Å². The first kappa shape index (κ1) is 12.8. The molecule has 0 N–H and O–H groups in total. The first-order valence-electron chi connectivity index (χ1n) is 5.33. The summed E-state index contributed by atoms with van der Waals surface area (Å²) in [5, 5.41) is 0. The lowest BCUT2D eigenvalue weighted by atomic mass is 9.63. The maximum Gasteiger partial charge on any atom is 0.0906 e. The normalized spacial score (nSPS) is 12.4. The van der Waals surface area contributed by atoms with Crippen molar-refractivity contribution in [3.63, 3.8) is 0 Å². The van der Waals surface area contributed by atoms with E-state index in [-0.39, 0.29) is 5.41 Å². The van der Waals surface area contributed by atoms with Crippen molar-refractivity contribution >= 4 is 10.2 Å². The van der Waals surface area contributed by atoms with E-state index in [0.717, 1.165) is 10.2 Å². The quantitative estimate of drug-likeness (QED) is 0.480. The molecule has 0 heterocycles. The molecule has 0 saturated carbocycles. The van der Waals surface area contributed by atoms with Crippen molar-refractivity contribution in [1.29, 1.82) is 0 Å². The first-order chi connectivity index (χ1) is 5.89. The van der Waals surface area contributed by atoms with Crippen molar-refractivity contribution in [2.24, 2.45) is 23.2 Å². The van der Waals surface area contributed by atoms with Crippen LogP contribution in [0.5, 0.6) is 0 Å². The molecule has 1 heteroatoms. The van der Waals surface area contributed by atoms with Gasteiger partial charge < -0.3 is 0 Å². The molecule has 76 valence electrons. The zero-order chi connectivity index (χ0) is 10.6. The summed E-state index contributed by atoms with van der Waals surface area (Å²) in [4.78, 5) is 0. The summed E-state index contributed by atoms with van der Waals surface area (Å²) in [7, 11) is 0.996. The van der Waals surface area contributed by atoms with Crippen molar-refractivity contribution in [1.82, 2.24) is 0 Å². The number of hydrogen-bond donors (Lipinski definition) is 0. The maximum atomic E-state index is 3.51. The molecule has 0 aromatic heterocycles. The maximum absolute atomic E-state index is 3.51. The van der Waals surface area contributed by atoms with Crippen LogP contribution < -0.4 is 0 Å². The fourth-order valence-corrected chi connectivity index (χ4v) is 3.08. The van der Waals surface area contributed by atoms with Crippen molar-refractivity contribution in [3.05, 3.63) is 0 Å². The van der Waals surface area contributed by atoms with Crippen LogP contribution in [0, 0.1) is 34.6 Å². The van der Waals surface area contributed by atoms with E-state index in [4.69, 9.17) is 0 Å². The molecular formula is C12H24Si. The fraction of sp³-hybridized carbons (Fsp3) is 0.833. The lowest BCUT2D eigenvalue weighted by Gasteiger charge is -2.40. The summed E-state index contributed by atoms with van der Waals surface area (Å²) < 4.78 is 0. The highest BCUT2D eigenvalue weighted by atomic mass is 28.1. The molecule has 0 nitrogen and oxygen atoms in total. The molecule has 0 aromatic carbocycles. The minimum atomic E-state index is 0.224. The highest BCUT2D eigenvalue weighted by Gasteiger charge is 2.38. The first-order valence-corrected chi connectivity index (χ1v) is 6.33.